The predicted molar refractivity (Wildman–Crippen MR) is 77.6 cm³/mol. The Bertz CT molecular complexity index is 532. The van der Waals surface area contributed by atoms with E-state index in [2.05, 4.69) is 26.0 Å². The summed E-state index contributed by atoms with van der Waals surface area (Å²) in [7, 11) is -3.31. The first-order valence-electron chi connectivity index (χ1n) is 5.65. The fourth-order valence-electron chi connectivity index (χ4n) is 1.48. The standard InChI is InChI=1S/C11H14BrClN2O2S/c12-10-7-9(3-4-11(10)13)15-18(16,17)6-5-14-8-1-2-8/h3-4,7-8,14-15H,1-2,5-6H2. The minimum absolute atomic E-state index is 0.0732. The van der Waals surface area contributed by atoms with Crippen LogP contribution >= 0.6 is 27.5 Å². The van der Waals surface area contributed by atoms with Crippen molar-refractivity contribution in [3.05, 3.63) is 27.7 Å². The van der Waals surface area contributed by atoms with Gasteiger partial charge in [-0.3, -0.25) is 4.72 Å². The second kappa shape index (κ2) is 5.77. The van der Waals surface area contributed by atoms with Gasteiger partial charge in [-0.1, -0.05) is 11.6 Å². The molecule has 18 heavy (non-hydrogen) atoms. The predicted octanol–water partition coefficient (Wildman–Crippen LogP) is 2.60. The van der Waals surface area contributed by atoms with E-state index < -0.39 is 10.0 Å². The third-order valence-electron chi connectivity index (χ3n) is 2.57. The SMILES string of the molecule is O=S(=O)(CCNC1CC1)Nc1ccc(Cl)c(Br)c1. The van der Waals surface area contributed by atoms with E-state index in [0.717, 1.165) is 12.8 Å². The molecule has 0 saturated heterocycles. The van der Waals surface area contributed by atoms with E-state index in [-0.39, 0.29) is 5.75 Å². The number of hydrogen-bond donors (Lipinski definition) is 2. The molecule has 0 bridgehead atoms. The summed E-state index contributed by atoms with van der Waals surface area (Å²) >= 11 is 9.10. The van der Waals surface area contributed by atoms with Crippen molar-refractivity contribution in [1.82, 2.24) is 5.32 Å². The molecule has 1 aliphatic rings. The van der Waals surface area contributed by atoms with Gasteiger partial charge < -0.3 is 5.32 Å². The van der Waals surface area contributed by atoms with Gasteiger partial charge in [0.05, 0.1) is 10.8 Å². The van der Waals surface area contributed by atoms with E-state index in [0.29, 0.717) is 27.8 Å². The average Bonchev–Trinajstić information content (AvgIpc) is 3.07. The summed E-state index contributed by atoms with van der Waals surface area (Å²) < 4.78 is 26.8. The Kier molecular flexibility index (Phi) is 4.53. The lowest BCUT2D eigenvalue weighted by Gasteiger charge is -2.09. The van der Waals surface area contributed by atoms with E-state index in [1.165, 1.54) is 0 Å². The number of hydrogen-bond acceptors (Lipinski definition) is 3. The van der Waals surface area contributed by atoms with Crippen LogP contribution in [0.15, 0.2) is 22.7 Å². The lowest BCUT2D eigenvalue weighted by molar-refractivity contribution is 0.595. The molecule has 0 unspecified atom stereocenters. The maximum atomic E-state index is 11.8. The van der Waals surface area contributed by atoms with Gasteiger partial charge in [0.25, 0.3) is 0 Å². The molecule has 1 fully saturated rings. The van der Waals surface area contributed by atoms with E-state index in [1.54, 1.807) is 18.2 Å². The summed E-state index contributed by atoms with van der Waals surface area (Å²) in [6.07, 6.45) is 2.30. The van der Waals surface area contributed by atoms with Crippen LogP contribution < -0.4 is 10.0 Å². The number of halogens is 2. The lowest BCUT2D eigenvalue weighted by atomic mass is 10.3. The van der Waals surface area contributed by atoms with E-state index in [1.807, 2.05) is 0 Å². The van der Waals surface area contributed by atoms with Crippen LogP contribution in [0.3, 0.4) is 0 Å². The molecule has 0 radical (unpaired) electrons. The first-order valence-corrected chi connectivity index (χ1v) is 8.47. The summed E-state index contributed by atoms with van der Waals surface area (Å²) in [5.41, 5.74) is 0.512. The third kappa shape index (κ3) is 4.42. The first-order chi connectivity index (χ1) is 8.46. The van der Waals surface area contributed by atoms with Crippen LogP contribution in [0, 0.1) is 0 Å². The van der Waals surface area contributed by atoms with Gasteiger partial charge >= 0.3 is 0 Å². The molecule has 7 heteroatoms. The number of nitrogens with one attached hydrogen (secondary N) is 2. The molecule has 4 nitrogen and oxygen atoms in total. The molecule has 1 aromatic carbocycles. The van der Waals surface area contributed by atoms with Crippen molar-refractivity contribution in [1.29, 1.82) is 0 Å². The van der Waals surface area contributed by atoms with Crippen LogP contribution in [-0.4, -0.2) is 26.8 Å². The van der Waals surface area contributed by atoms with Gasteiger partial charge in [0.1, 0.15) is 0 Å². The van der Waals surface area contributed by atoms with Crippen LogP contribution in [0.25, 0.3) is 0 Å². The first kappa shape index (κ1) is 14.1. The molecular formula is C11H14BrClN2O2S. The molecule has 0 atom stereocenters. The topological polar surface area (TPSA) is 58.2 Å². The lowest BCUT2D eigenvalue weighted by Crippen LogP contribution is -2.27. The van der Waals surface area contributed by atoms with Crippen molar-refractivity contribution >= 4 is 43.2 Å². The Labute approximate surface area is 120 Å². The molecule has 0 aromatic heterocycles. The monoisotopic (exact) mass is 352 g/mol. The molecule has 0 spiro atoms. The van der Waals surface area contributed by atoms with Crippen LogP contribution in [0.2, 0.25) is 5.02 Å². The highest BCUT2D eigenvalue weighted by Gasteiger charge is 2.21. The molecule has 2 rings (SSSR count). The van der Waals surface area contributed by atoms with Crippen LogP contribution in [-0.2, 0) is 10.0 Å². The summed E-state index contributed by atoms with van der Waals surface area (Å²) in [6, 6.07) is 5.45. The minimum Gasteiger partial charge on any atom is -0.313 e. The zero-order valence-electron chi connectivity index (χ0n) is 9.62. The van der Waals surface area contributed by atoms with Gasteiger partial charge in [-0.2, -0.15) is 0 Å². The maximum Gasteiger partial charge on any atom is 0.233 e. The average molecular weight is 354 g/mol. The van der Waals surface area contributed by atoms with Crippen molar-refractivity contribution < 1.29 is 8.42 Å². The fraction of sp³-hybridized carbons (Fsp3) is 0.455. The number of benzene rings is 1. The summed E-state index contributed by atoms with van der Waals surface area (Å²) in [6.45, 7) is 0.481. The molecule has 100 valence electrons. The summed E-state index contributed by atoms with van der Waals surface area (Å²) in [5, 5.41) is 3.72. The van der Waals surface area contributed by atoms with Gasteiger partial charge in [0.15, 0.2) is 0 Å². The van der Waals surface area contributed by atoms with Gasteiger partial charge in [-0.15, -0.1) is 0 Å². The van der Waals surface area contributed by atoms with E-state index in [4.69, 9.17) is 11.6 Å². The Morgan fingerprint density at radius 3 is 2.72 bits per heavy atom. The third-order valence-corrected chi connectivity index (χ3v) is 5.08. The van der Waals surface area contributed by atoms with Crippen LogP contribution in [0.4, 0.5) is 5.69 Å². The number of sulfonamides is 1. The maximum absolute atomic E-state index is 11.8. The molecule has 1 saturated carbocycles. The normalized spacial score (nSPS) is 15.7. The quantitative estimate of drug-likeness (QED) is 0.826. The zero-order valence-corrected chi connectivity index (χ0v) is 12.8. The minimum atomic E-state index is -3.31. The van der Waals surface area contributed by atoms with Crippen LogP contribution in [0.5, 0.6) is 0 Å². The molecular weight excluding hydrogens is 340 g/mol. The van der Waals surface area contributed by atoms with Crippen LogP contribution in [0.1, 0.15) is 12.8 Å². The molecule has 1 aliphatic carbocycles. The van der Waals surface area contributed by atoms with Crippen molar-refractivity contribution in [2.75, 3.05) is 17.0 Å². The fourth-order valence-corrected chi connectivity index (χ4v) is 2.95. The van der Waals surface area contributed by atoms with E-state index in [9.17, 15) is 8.42 Å². The van der Waals surface area contributed by atoms with Crippen molar-refractivity contribution in [2.24, 2.45) is 0 Å². The largest absolute Gasteiger partial charge is 0.313 e. The van der Waals surface area contributed by atoms with Crippen molar-refractivity contribution in [3.8, 4) is 0 Å². The Morgan fingerprint density at radius 2 is 2.11 bits per heavy atom. The molecule has 0 aliphatic heterocycles. The van der Waals surface area contributed by atoms with Gasteiger partial charge in [-0.25, -0.2) is 8.42 Å². The molecule has 0 amide bonds. The van der Waals surface area contributed by atoms with E-state index >= 15 is 0 Å². The second-order valence-electron chi connectivity index (χ2n) is 4.28. The smallest absolute Gasteiger partial charge is 0.233 e. The Balaban J connectivity index is 1.91. The highest BCUT2D eigenvalue weighted by atomic mass is 79.9. The molecule has 1 aromatic rings. The van der Waals surface area contributed by atoms with Gasteiger partial charge in [0, 0.05) is 22.7 Å². The van der Waals surface area contributed by atoms with Crippen molar-refractivity contribution in [2.45, 2.75) is 18.9 Å². The molecule has 2 N–H and O–H groups in total. The zero-order chi connectivity index (χ0) is 13.2. The number of rotatable bonds is 6. The number of anilines is 1. The van der Waals surface area contributed by atoms with Crippen molar-refractivity contribution in [3.63, 3.8) is 0 Å². The summed E-state index contributed by atoms with van der Waals surface area (Å²) in [5.74, 6) is 0.0732. The second-order valence-corrected chi connectivity index (χ2v) is 7.38. The highest BCUT2D eigenvalue weighted by Crippen LogP contribution is 2.26. The highest BCUT2D eigenvalue weighted by molar-refractivity contribution is 9.10. The van der Waals surface area contributed by atoms with Gasteiger partial charge in [0.2, 0.25) is 10.0 Å². The molecule has 0 heterocycles. The Hall–Kier alpha value is -0.300. The summed E-state index contributed by atoms with van der Waals surface area (Å²) in [4.78, 5) is 0. The Morgan fingerprint density at radius 1 is 1.39 bits per heavy atom. The van der Waals surface area contributed by atoms with Gasteiger partial charge in [-0.05, 0) is 47.0 Å².